The van der Waals surface area contributed by atoms with Crippen molar-refractivity contribution in [1.82, 2.24) is 0 Å². The van der Waals surface area contributed by atoms with Crippen LogP contribution in [0.4, 0.5) is 5.69 Å². The van der Waals surface area contributed by atoms with Crippen molar-refractivity contribution in [1.29, 1.82) is 0 Å². The molecule has 2 aromatic carbocycles. The van der Waals surface area contributed by atoms with E-state index in [1.165, 1.54) is 0 Å². The van der Waals surface area contributed by atoms with Crippen LogP contribution < -0.4 is 9.64 Å². The first-order valence-corrected chi connectivity index (χ1v) is 6.69. The second kappa shape index (κ2) is 6.31. The highest BCUT2D eigenvalue weighted by molar-refractivity contribution is 5.88. The maximum Gasteiger partial charge on any atom is 0.335 e. The molecule has 0 saturated carbocycles. The molecule has 4 heteroatoms. The lowest BCUT2D eigenvalue weighted by atomic mass is 10.1. The molecule has 0 amide bonds. The Morgan fingerprint density at radius 2 is 2.00 bits per heavy atom. The average Bonchev–Trinajstić information content (AvgIpc) is 2.47. The highest BCUT2D eigenvalue weighted by atomic mass is 16.5. The standard InChI is InChI=1S/C17H19NO3/c1-12-9-14(17(19)20)7-8-16(12)18(2)11-13-5-4-6-15(10-13)21-3/h4-10H,11H2,1-3H3,(H,19,20). The number of rotatable bonds is 5. The molecule has 21 heavy (non-hydrogen) atoms. The van der Waals surface area contributed by atoms with Crippen molar-refractivity contribution in [3.8, 4) is 5.75 Å². The van der Waals surface area contributed by atoms with Crippen molar-refractivity contribution in [3.63, 3.8) is 0 Å². The van der Waals surface area contributed by atoms with Crippen LogP contribution in [0.1, 0.15) is 21.5 Å². The summed E-state index contributed by atoms with van der Waals surface area (Å²) in [5, 5.41) is 9.00. The van der Waals surface area contributed by atoms with Gasteiger partial charge < -0.3 is 14.7 Å². The van der Waals surface area contributed by atoms with Gasteiger partial charge in [-0.1, -0.05) is 12.1 Å². The molecule has 0 radical (unpaired) electrons. The van der Waals surface area contributed by atoms with Gasteiger partial charge >= 0.3 is 5.97 Å². The fraction of sp³-hybridized carbons (Fsp3) is 0.235. The molecule has 0 heterocycles. The second-order valence-electron chi connectivity index (χ2n) is 5.01. The summed E-state index contributed by atoms with van der Waals surface area (Å²) in [6.45, 7) is 2.65. The summed E-state index contributed by atoms with van der Waals surface area (Å²) in [5.41, 5.74) is 3.41. The molecule has 2 aromatic rings. The molecule has 1 N–H and O–H groups in total. The Balaban J connectivity index is 2.19. The van der Waals surface area contributed by atoms with Gasteiger partial charge in [0.1, 0.15) is 5.75 Å². The predicted octanol–water partition coefficient (Wildman–Crippen LogP) is 3.34. The third kappa shape index (κ3) is 3.54. The molecule has 0 unspecified atom stereocenters. The summed E-state index contributed by atoms with van der Waals surface area (Å²) in [7, 11) is 3.64. The lowest BCUT2D eigenvalue weighted by Crippen LogP contribution is -2.17. The zero-order valence-corrected chi connectivity index (χ0v) is 12.5. The number of ether oxygens (including phenoxy) is 1. The zero-order valence-electron chi connectivity index (χ0n) is 12.5. The monoisotopic (exact) mass is 285 g/mol. The van der Waals surface area contributed by atoms with Crippen LogP contribution in [-0.4, -0.2) is 25.2 Å². The minimum atomic E-state index is -0.903. The number of aromatic carboxylic acids is 1. The largest absolute Gasteiger partial charge is 0.497 e. The quantitative estimate of drug-likeness (QED) is 0.915. The summed E-state index contributed by atoms with van der Waals surface area (Å²) >= 11 is 0. The van der Waals surface area contributed by atoms with Gasteiger partial charge in [-0.2, -0.15) is 0 Å². The van der Waals surface area contributed by atoms with E-state index in [0.717, 1.165) is 29.1 Å². The number of aryl methyl sites for hydroxylation is 1. The number of hydrogen-bond donors (Lipinski definition) is 1. The van der Waals surface area contributed by atoms with E-state index in [2.05, 4.69) is 4.90 Å². The van der Waals surface area contributed by atoms with Crippen LogP contribution in [0.3, 0.4) is 0 Å². The Morgan fingerprint density at radius 1 is 1.24 bits per heavy atom. The van der Waals surface area contributed by atoms with E-state index >= 15 is 0 Å². The highest BCUT2D eigenvalue weighted by Gasteiger charge is 2.09. The molecule has 0 aliphatic carbocycles. The normalized spacial score (nSPS) is 10.2. The molecule has 0 aromatic heterocycles. The van der Waals surface area contributed by atoms with Gasteiger partial charge in [-0.25, -0.2) is 4.79 Å². The predicted molar refractivity (Wildman–Crippen MR) is 83.2 cm³/mol. The Kier molecular flexibility index (Phi) is 4.48. The van der Waals surface area contributed by atoms with Gasteiger partial charge in [-0.15, -0.1) is 0 Å². The van der Waals surface area contributed by atoms with Gasteiger partial charge in [0.15, 0.2) is 0 Å². The van der Waals surface area contributed by atoms with E-state index in [1.807, 2.05) is 44.3 Å². The number of carboxylic acids is 1. The Hall–Kier alpha value is -2.49. The number of carbonyl (C=O) groups is 1. The van der Waals surface area contributed by atoms with Gasteiger partial charge in [-0.3, -0.25) is 0 Å². The van der Waals surface area contributed by atoms with Gasteiger partial charge in [0.05, 0.1) is 12.7 Å². The van der Waals surface area contributed by atoms with Crippen LogP contribution in [-0.2, 0) is 6.54 Å². The van der Waals surface area contributed by atoms with Crippen LogP contribution in [0.25, 0.3) is 0 Å². The lowest BCUT2D eigenvalue weighted by molar-refractivity contribution is 0.0697. The van der Waals surface area contributed by atoms with E-state index in [1.54, 1.807) is 19.2 Å². The fourth-order valence-electron chi connectivity index (χ4n) is 2.35. The Morgan fingerprint density at radius 3 is 2.62 bits per heavy atom. The zero-order chi connectivity index (χ0) is 15.4. The lowest BCUT2D eigenvalue weighted by Gasteiger charge is -2.22. The van der Waals surface area contributed by atoms with Gasteiger partial charge in [0.25, 0.3) is 0 Å². The van der Waals surface area contributed by atoms with Crippen LogP contribution >= 0.6 is 0 Å². The van der Waals surface area contributed by atoms with E-state index in [4.69, 9.17) is 9.84 Å². The van der Waals surface area contributed by atoms with Crippen LogP contribution in [0.5, 0.6) is 5.75 Å². The number of anilines is 1. The van der Waals surface area contributed by atoms with E-state index < -0.39 is 5.97 Å². The van der Waals surface area contributed by atoms with Crippen molar-refractivity contribution in [2.75, 3.05) is 19.1 Å². The van der Waals surface area contributed by atoms with Crippen LogP contribution in [0.2, 0.25) is 0 Å². The first-order chi connectivity index (χ1) is 10.0. The van der Waals surface area contributed by atoms with Crippen LogP contribution in [0, 0.1) is 6.92 Å². The minimum Gasteiger partial charge on any atom is -0.497 e. The molecule has 0 fully saturated rings. The van der Waals surface area contributed by atoms with E-state index in [9.17, 15) is 4.79 Å². The summed E-state index contributed by atoms with van der Waals surface area (Å²) in [6.07, 6.45) is 0. The molecular formula is C17H19NO3. The number of nitrogens with zero attached hydrogens (tertiary/aromatic N) is 1. The first kappa shape index (κ1) is 14.9. The molecule has 4 nitrogen and oxygen atoms in total. The molecule has 0 bridgehead atoms. The SMILES string of the molecule is COc1cccc(CN(C)c2ccc(C(=O)O)cc2C)c1. The Bertz CT molecular complexity index is 652. The third-order valence-corrected chi connectivity index (χ3v) is 3.41. The van der Waals surface area contributed by atoms with Gasteiger partial charge in [-0.05, 0) is 48.4 Å². The second-order valence-corrected chi connectivity index (χ2v) is 5.01. The van der Waals surface area contributed by atoms with Gasteiger partial charge in [0.2, 0.25) is 0 Å². The summed E-state index contributed by atoms with van der Waals surface area (Å²) in [6, 6.07) is 13.1. The topological polar surface area (TPSA) is 49.8 Å². The van der Waals surface area contributed by atoms with Gasteiger partial charge in [0, 0.05) is 19.3 Å². The van der Waals surface area contributed by atoms with Crippen molar-refractivity contribution < 1.29 is 14.6 Å². The van der Waals surface area contributed by atoms with Crippen LogP contribution in [0.15, 0.2) is 42.5 Å². The molecular weight excluding hydrogens is 266 g/mol. The fourth-order valence-corrected chi connectivity index (χ4v) is 2.35. The average molecular weight is 285 g/mol. The molecule has 0 saturated heterocycles. The molecule has 2 rings (SSSR count). The maximum absolute atomic E-state index is 11.0. The first-order valence-electron chi connectivity index (χ1n) is 6.69. The molecule has 110 valence electrons. The summed E-state index contributed by atoms with van der Waals surface area (Å²) in [5.74, 6) is -0.0704. The molecule has 0 atom stereocenters. The van der Waals surface area contributed by atoms with E-state index in [0.29, 0.717) is 5.56 Å². The number of benzene rings is 2. The maximum atomic E-state index is 11.0. The molecule has 0 spiro atoms. The third-order valence-electron chi connectivity index (χ3n) is 3.41. The highest BCUT2D eigenvalue weighted by Crippen LogP contribution is 2.23. The Labute approximate surface area is 124 Å². The van der Waals surface area contributed by atoms with Crippen molar-refractivity contribution >= 4 is 11.7 Å². The number of hydrogen-bond acceptors (Lipinski definition) is 3. The van der Waals surface area contributed by atoms with Crippen molar-refractivity contribution in [2.45, 2.75) is 13.5 Å². The summed E-state index contributed by atoms with van der Waals surface area (Å²) < 4.78 is 5.22. The van der Waals surface area contributed by atoms with E-state index in [-0.39, 0.29) is 0 Å². The molecule has 0 aliphatic heterocycles. The number of methoxy groups -OCH3 is 1. The van der Waals surface area contributed by atoms with Crippen molar-refractivity contribution in [2.24, 2.45) is 0 Å². The van der Waals surface area contributed by atoms with Crippen molar-refractivity contribution in [3.05, 3.63) is 59.2 Å². The number of carboxylic acid groups (broad SMARTS) is 1. The smallest absolute Gasteiger partial charge is 0.335 e. The summed E-state index contributed by atoms with van der Waals surface area (Å²) in [4.78, 5) is 13.1. The molecule has 0 aliphatic rings. The minimum absolute atomic E-state index is 0.311.